The Kier molecular flexibility index (Phi) is 4.90. The molecule has 5 aromatic rings. The SMILES string of the molecule is O=C(CSc1ncnc2c1oc1ccccc12)OCc1cnn(-c2ccccc2)c1. The number of thioether (sulfide) groups is 1. The Morgan fingerprint density at radius 3 is 2.80 bits per heavy atom. The van der Waals surface area contributed by atoms with Crippen LogP contribution in [0.2, 0.25) is 0 Å². The van der Waals surface area contributed by atoms with Gasteiger partial charge in [0.25, 0.3) is 0 Å². The van der Waals surface area contributed by atoms with E-state index in [1.54, 1.807) is 10.9 Å². The molecule has 0 spiro atoms. The molecule has 30 heavy (non-hydrogen) atoms. The minimum absolute atomic E-state index is 0.121. The average Bonchev–Trinajstić information content (AvgIpc) is 3.42. The van der Waals surface area contributed by atoms with Gasteiger partial charge in [0.05, 0.1) is 17.6 Å². The summed E-state index contributed by atoms with van der Waals surface area (Å²) in [6, 6.07) is 17.4. The van der Waals surface area contributed by atoms with E-state index in [0.717, 1.165) is 27.7 Å². The molecule has 5 rings (SSSR count). The van der Waals surface area contributed by atoms with Gasteiger partial charge < -0.3 is 9.15 Å². The van der Waals surface area contributed by atoms with Crippen molar-refractivity contribution in [2.45, 2.75) is 11.6 Å². The number of rotatable bonds is 6. The van der Waals surface area contributed by atoms with Crippen LogP contribution in [-0.2, 0) is 16.1 Å². The van der Waals surface area contributed by atoms with E-state index in [-0.39, 0.29) is 18.3 Å². The number of fused-ring (bicyclic) bond motifs is 3. The molecule has 0 saturated heterocycles. The van der Waals surface area contributed by atoms with Crippen molar-refractivity contribution >= 4 is 39.8 Å². The fourth-order valence-corrected chi connectivity index (χ4v) is 3.82. The molecule has 0 bridgehead atoms. The zero-order chi connectivity index (χ0) is 20.3. The summed E-state index contributed by atoms with van der Waals surface area (Å²) < 4.78 is 13.0. The first-order valence-corrected chi connectivity index (χ1v) is 10.3. The van der Waals surface area contributed by atoms with Crippen molar-refractivity contribution in [2.24, 2.45) is 0 Å². The van der Waals surface area contributed by atoms with E-state index in [0.29, 0.717) is 10.6 Å². The van der Waals surface area contributed by atoms with Crippen molar-refractivity contribution < 1.29 is 13.9 Å². The summed E-state index contributed by atoms with van der Waals surface area (Å²) in [5.74, 6) is -0.217. The molecule has 8 heteroatoms. The van der Waals surface area contributed by atoms with E-state index >= 15 is 0 Å². The Hall–Kier alpha value is -3.65. The summed E-state index contributed by atoms with van der Waals surface area (Å²) >= 11 is 1.27. The third kappa shape index (κ3) is 3.65. The molecule has 0 aliphatic heterocycles. The molecule has 0 amide bonds. The number of nitrogens with zero attached hydrogens (tertiary/aromatic N) is 4. The second-order valence-corrected chi connectivity index (χ2v) is 7.50. The maximum Gasteiger partial charge on any atom is 0.316 e. The molecule has 3 heterocycles. The number of carbonyl (C=O) groups is 1. The third-order valence-corrected chi connectivity index (χ3v) is 5.45. The van der Waals surface area contributed by atoms with E-state index in [4.69, 9.17) is 9.15 Å². The highest BCUT2D eigenvalue weighted by Crippen LogP contribution is 2.32. The molecular formula is C22H16N4O3S. The monoisotopic (exact) mass is 416 g/mol. The molecule has 0 fully saturated rings. The van der Waals surface area contributed by atoms with Gasteiger partial charge in [-0.3, -0.25) is 4.79 Å². The van der Waals surface area contributed by atoms with Crippen LogP contribution < -0.4 is 0 Å². The largest absolute Gasteiger partial charge is 0.460 e. The number of para-hydroxylation sites is 2. The lowest BCUT2D eigenvalue weighted by atomic mass is 10.2. The smallest absolute Gasteiger partial charge is 0.316 e. The fourth-order valence-electron chi connectivity index (χ4n) is 3.09. The first-order valence-electron chi connectivity index (χ1n) is 9.27. The molecular weight excluding hydrogens is 400 g/mol. The third-order valence-electron chi connectivity index (χ3n) is 4.51. The summed E-state index contributed by atoms with van der Waals surface area (Å²) in [4.78, 5) is 20.8. The van der Waals surface area contributed by atoms with Crippen LogP contribution in [0.15, 0.2) is 82.8 Å². The number of esters is 1. The highest BCUT2D eigenvalue weighted by molar-refractivity contribution is 8.00. The summed E-state index contributed by atoms with van der Waals surface area (Å²) in [5.41, 5.74) is 3.83. The van der Waals surface area contributed by atoms with E-state index < -0.39 is 0 Å². The second kappa shape index (κ2) is 8.00. The summed E-state index contributed by atoms with van der Waals surface area (Å²) in [6.07, 6.45) is 5.02. The zero-order valence-electron chi connectivity index (χ0n) is 15.8. The van der Waals surface area contributed by atoms with E-state index in [9.17, 15) is 4.79 Å². The van der Waals surface area contributed by atoms with E-state index in [1.165, 1.54) is 18.1 Å². The highest BCUT2D eigenvalue weighted by Gasteiger charge is 2.15. The summed E-state index contributed by atoms with van der Waals surface area (Å²) in [7, 11) is 0. The standard InChI is InChI=1S/C22H16N4O3S/c27-19(28-12-15-10-25-26(11-15)16-6-2-1-3-7-16)13-30-22-21-20(23-14-24-22)17-8-4-5-9-18(17)29-21/h1-11,14H,12-13H2. The van der Waals surface area contributed by atoms with Crippen molar-refractivity contribution in [2.75, 3.05) is 5.75 Å². The predicted molar refractivity (Wildman–Crippen MR) is 113 cm³/mol. The molecule has 0 aliphatic carbocycles. The first-order chi connectivity index (χ1) is 14.8. The number of aromatic nitrogens is 4. The number of hydrogen-bond donors (Lipinski definition) is 0. The van der Waals surface area contributed by atoms with Crippen LogP contribution in [0, 0.1) is 0 Å². The lowest BCUT2D eigenvalue weighted by Crippen LogP contribution is -2.07. The maximum atomic E-state index is 12.2. The van der Waals surface area contributed by atoms with Gasteiger partial charge in [0.1, 0.15) is 29.1 Å². The highest BCUT2D eigenvalue weighted by atomic mass is 32.2. The Labute approximate surface area is 175 Å². The lowest BCUT2D eigenvalue weighted by Gasteiger charge is -2.03. The van der Waals surface area contributed by atoms with Gasteiger partial charge in [-0.1, -0.05) is 42.1 Å². The predicted octanol–water partition coefficient (Wildman–Crippen LogP) is 4.40. The minimum Gasteiger partial charge on any atom is -0.460 e. The van der Waals surface area contributed by atoms with Gasteiger partial charge in [-0.15, -0.1) is 0 Å². The van der Waals surface area contributed by atoms with Crippen LogP contribution in [0.1, 0.15) is 5.56 Å². The number of ether oxygens (including phenoxy) is 1. The molecule has 0 radical (unpaired) electrons. The van der Waals surface area contributed by atoms with E-state index in [1.807, 2.05) is 60.8 Å². The van der Waals surface area contributed by atoms with Crippen LogP contribution in [0.5, 0.6) is 0 Å². The molecule has 0 N–H and O–H groups in total. The number of benzene rings is 2. The second-order valence-electron chi connectivity index (χ2n) is 6.53. The van der Waals surface area contributed by atoms with Crippen molar-refractivity contribution in [3.05, 3.63) is 78.9 Å². The van der Waals surface area contributed by atoms with Crippen molar-refractivity contribution in [3.8, 4) is 5.69 Å². The molecule has 0 unspecified atom stereocenters. The van der Waals surface area contributed by atoms with Crippen molar-refractivity contribution in [1.29, 1.82) is 0 Å². The Balaban J connectivity index is 1.22. The Morgan fingerprint density at radius 1 is 1.07 bits per heavy atom. The van der Waals surface area contributed by atoms with Gasteiger partial charge in [-0.2, -0.15) is 5.10 Å². The molecule has 7 nitrogen and oxygen atoms in total. The molecule has 0 saturated carbocycles. The molecule has 148 valence electrons. The van der Waals surface area contributed by atoms with Gasteiger partial charge in [-0.25, -0.2) is 14.6 Å². The summed E-state index contributed by atoms with van der Waals surface area (Å²) in [5, 5.41) is 5.85. The van der Waals surface area contributed by atoms with Crippen LogP contribution in [-0.4, -0.2) is 31.5 Å². The van der Waals surface area contributed by atoms with Crippen molar-refractivity contribution in [1.82, 2.24) is 19.7 Å². The van der Waals surface area contributed by atoms with Gasteiger partial charge in [0.15, 0.2) is 5.58 Å². The normalized spacial score (nSPS) is 11.2. The number of furan rings is 1. The van der Waals surface area contributed by atoms with Gasteiger partial charge >= 0.3 is 5.97 Å². The topological polar surface area (TPSA) is 83.0 Å². The quantitative estimate of drug-likeness (QED) is 0.230. The van der Waals surface area contributed by atoms with Gasteiger partial charge in [0, 0.05) is 17.1 Å². The Bertz CT molecular complexity index is 1330. The molecule has 2 aromatic carbocycles. The number of hydrogen-bond acceptors (Lipinski definition) is 7. The van der Waals surface area contributed by atoms with Crippen molar-refractivity contribution in [3.63, 3.8) is 0 Å². The molecule has 0 aliphatic rings. The lowest BCUT2D eigenvalue weighted by molar-refractivity contribution is -0.141. The minimum atomic E-state index is -0.338. The number of carbonyl (C=O) groups excluding carboxylic acids is 1. The van der Waals surface area contributed by atoms with Gasteiger partial charge in [-0.05, 0) is 24.3 Å². The average molecular weight is 416 g/mol. The molecule has 3 aromatic heterocycles. The van der Waals surface area contributed by atoms with Crippen LogP contribution in [0.4, 0.5) is 0 Å². The maximum absolute atomic E-state index is 12.2. The fraction of sp³-hybridized carbons (Fsp3) is 0.0909. The van der Waals surface area contributed by atoms with Crippen LogP contribution >= 0.6 is 11.8 Å². The Morgan fingerprint density at radius 2 is 1.90 bits per heavy atom. The van der Waals surface area contributed by atoms with Gasteiger partial charge in [0.2, 0.25) is 0 Å². The first kappa shape index (κ1) is 18.4. The summed E-state index contributed by atoms with van der Waals surface area (Å²) in [6.45, 7) is 0.163. The van der Waals surface area contributed by atoms with E-state index in [2.05, 4.69) is 15.1 Å². The van der Waals surface area contributed by atoms with Crippen LogP contribution in [0.25, 0.3) is 27.8 Å². The van der Waals surface area contributed by atoms with Crippen LogP contribution in [0.3, 0.4) is 0 Å². The zero-order valence-corrected chi connectivity index (χ0v) is 16.6. The molecule has 0 atom stereocenters.